The van der Waals surface area contributed by atoms with Crippen LogP contribution in [0.2, 0.25) is 0 Å². The highest BCUT2D eigenvalue weighted by atomic mass is 16.5. The molecule has 2 aromatic carbocycles. The van der Waals surface area contributed by atoms with Gasteiger partial charge < -0.3 is 14.7 Å². The summed E-state index contributed by atoms with van der Waals surface area (Å²) in [6, 6.07) is 16.2. The highest BCUT2D eigenvalue weighted by molar-refractivity contribution is 5.90. The first-order chi connectivity index (χ1) is 15.1. The number of carbonyl (C=O) groups excluding carboxylic acids is 1. The summed E-state index contributed by atoms with van der Waals surface area (Å²) < 4.78 is 5.36. The van der Waals surface area contributed by atoms with Crippen LogP contribution in [-0.2, 0) is 17.6 Å². The third kappa shape index (κ3) is 5.51. The Labute approximate surface area is 183 Å². The molecule has 0 saturated carbocycles. The Kier molecular flexibility index (Phi) is 6.65. The molecule has 1 saturated heterocycles. The molecule has 3 aromatic rings. The molecular formula is C25H30N4O2. The summed E-state index contributed by atoms with van der Waals surface area (Å²) in [6.07, 6.45) is 4.18. The highest BCUT2D eigenvalue weighted by Crippen LogP contribution is 2.25. The molecule has 0 radical (unpaired) electrons. The fourth-order valence-corrected chi connectivity index (χ4v) is 3.83. The first kappa shape index (κ1) is 21.1. The summed E-state index contributed by atoms with van der Waals surface area (Å²) in [6.45, 7) is 6.65. The van der Waals surface area contributed by atoms with Gasteiger partial charge in [-0.15, -0.1) is 0 Å². The van der Waals surface area contributed by atoms with E-state index < -0.39 is 0 Å². The van der Waals surface area contributed by atoms with Crippen molar-refractivity contribution in [1.82, 2.24) is 10.1 Å². The number of carbonyl (C=O) groups is 1. The van der Waals surface area contributed by atoms with Crippen LogP contribution in [0.3, 0.4) is 0 Å². The SMILES string of the molecule is CCc1ccc(NC(=O)CCc2nc(-c3ccc(N4CCC(C)CC4)cc3)no2)cc1. The predicted octanol–water partition coefficient (Wildman–Crippen LogP) is 5.11. The number of nitrogens with zero attached hydrogens (tertiary/aromatic N) is 3. The third-order valence-electron chi connectivity index (χ3n) is 5.95. The molecule has 0 bridgehead atoms. The van der Waals surface area contributed by atoms with Gasteiger partial charge >= 0.3 is 0 Å². The van der Waals surface area contributed by atoms with E-state index in [0.29, 0.717) is 24.6 Å². The molecule has 1 aliphatic heterocycles. The van der Waals surface area contributed by atoms with Gasteiger partial charge in [-0.1, -0.05) is 31.1 Å². The maximum absolute atomic E-state index is 12.2. The molecule has 0 aliphatic carbocycles. The van der Waals surface area contributed by atoms with Gasteiger partial charge in [-0.25, -0.2) is 0 Å². The molecule has 0 spiro atoms. The van der Waals surface area contributed by atoms with Crippen molar-refractivity contribution in [1.29, 1.82) is 0 Å². The largest absolute Gasteiger partial charge is 0.372 e. The number of amides is 1. The van der Waals surface area contributed by atoms with Crippen LogP contribution < -0.4 is 10.2 Å². The number of rotatable bonds is 7. The lowest BCUT2D eigenvalue weighted by Gasteiger charge is -2.32. The molecule has 0 atom stereocenters. The molecule has 31 heavy (non-hydrogen) atoms. The number of hydrogen-bond donors (Lipinski definition) is 1. The van der Waals surface area contributed by atoms with Gasteiger partial charge in [0.05, 0.1) is 0 Å². The van der Waals surface area contributed by atoms with Crippen LogP contribution in [0.15, 0.2) is 53.1 Å². The summed E-state index contributed by atoms with van der Waals surface area (Å²) in [5.41, 5.74) is 4.21. The van der Waals surface area contributed by atoms with Crippen molar-refractivity contribution in [3.05, 3.63) is 60.0 Å². The molecule has 0 unspecified atom stereocenters. The minimum Gasteiger partial charge on any atom is -0.372 e. The molecule has 1 N–H and O–H groups in total. The van der Waals surface area contributed by atoms with E-state index in [1.165, 1.54) is 24.1 Å². The first-order valence-electron chi connectivity index (χ1n) is 11.2. The van der Waals surface area contributed by atoms with E-state index >= 15 is 0 Å². The third-order valence-corrected chi connectivity index (χ3v) is 5.95. The van der Waals surface area contributed by atoms with Crippen molar-refractivity contribution in [2.45, 2.75) is 46.0 Å². The molecule has 2 heterocycles. The Morgan fingerprint density at radius 1 is 1.10 bits per heavy atom. The molecule has 4 rings (SSSR count). The zero-order chi connectivity index (χ0) is 21.6. The first-order valence-corrected chi connectivity index (χ1v) is 11.2. The number of aromatic nitrogens is 2. The minimum atomic E-state index is -0.0656. The number of anilines is 2. The highest BCUT2D eigenvalue weighted by Gasteiger charge is 2.16. The Morgan fingerprint density at radius 2 is 1.81 bits per heavy atom. The molecule has 1 aliphatic rings. The Hall–Kier alpha value is -3.15. The van der Waals surface area contributed by atoms with Crippen LogP contribution in [0.1, 0.15) is 44.6 Å². The van der Waals surface area contributed by atoms with Crippen LogP contribution in [0.5, 0.6) is 0 Å². The van der Waals surface area contributed by atoms with Gasteiger partial charge in [0.2, 0.25) is 17.6 Å². The lowest BCUT2D eigenvalue weighted by molar-refractivity contribution is -0.116. The van der Waals surface area contributed by atoms with Gasteiger partial charge in [0.25, 0.3) is 0 Å². The number of benzene rings is 2. The van der Waals surface area contributed by atoms with Crippen molar-refractivity contribution in [3.8, 4) is 11.4 Å². The molecule has 6 nitrogen and oxygen atoms in total. The number of hydrogen-bond acceptors (Lipinski definition) is 5. The quantitative estimate of drug-likeness (QED) is 0.577. The van der Waals surface area contributed by atoms with Gasteiger partial charge in [-0.2, -0.15) is 4.98 Å². The van der Waals surface area contributed by atoms with Crippen molar-refractivity contribution >= 4 is 17.3 Å². The van der Waals surface area contributed by atoms with Gasteiger partial charge in [-0.05, 0) is 67.1 Å². The lowest BCUT2D eigenvalue weighted by atomic mass is 9.98. The number of aryl methyl sites for hydroxylation is 2. The maximum Gasteiger partial charge on any atom is 0.227 e. The average molecular weight is 419 g/mol. The Morgan fingerprint density at radius 3 is 2.48 bits per heavy atom. The summed E-state index contributed by atoms with van der Waals surface area (Å²) in [5, 5.41) is 7.00. The molecule has 1 aromatic heterocycles. The van der Waals surface area contributed by atoms with Crippen LogP contribution in [0.4, 0.5) is 11.4 Å². The molecule has 1 fully saturated rings. The Balaban J connectivity index is 1.30. The van der Waals surface area contributed by atoms with Crippen LogP contribution in [0.25, 0.3) is 11.4 Å². The average Bonchev–Trinajstić information content (AvgIpc) is 3.28. The summed E-state index contributed by atoms with van der Waals surface area (Å²) in [7, 11) is 0. The second-order valence-corrected chi connectivity index (χ2v) is 8.33. The van der Waals surface area contributed by atoms with Crippen LogP contribution >= 0.6 is 0 Å². The second-order valence-electron chi connectivity index (χ2n) is 8.33. The topological polar surface area (TPSA) is 71.3 Å². The van der Waals surface area contributed by atoms with Crippen LogP contribution in [0, 0.1) is 5.92 Å². The van der Waals surface area contributed by atoms with Crippen molar-refractivity contribution in [2.24, 2.45) is 5.92 Å². The number of piperidine rings is 1. The van der Waals surface area contributed by atoms with Crippen LogP contribution in [-0.4, -0.2) is 29.1 Å². The fraction of sp³-hybridized carbons (Fsp3) is 0.400. The van der Waals surface area contributed by atoms with Gasteiger partial charge in [0, 0.05) is 42.9 Å². The van der Waals surface area contributed by atoms with E-state index in [4.69, 9.17) is 4.52 Å². The number of nitrogens with one attached hydrogen (secondary N) is 1. The zero-order valence-corrected chi connectivity index (χ0v) is 18.3. The van der Waals surface area contributed by atoms with E-state index in [-0.39, 0.29) is 5.91 Å². The Bertz CT molecular complexity index is 987. The minimum absolute atomic E-state index is 0.0656. The van der Waals surface area contributed by atoms with Gasteiger partial charge in [-0.3, -0.25) is 4.79 Å². The van der Waals surface area contributed by atoms with Crippen molar-refractivity contribution < 1.29 is 9.32 Å². The molecule has 162 valence electrons. The summed E-state index contributed by atoms with van der Waals surface area (Å²) in [5.74, 6) is 1.78. The van der Waals surface area contributed by atoms with Gasteiger partial charge in [0.1, 0.15) is 0 Å². The van der Waals surface area contributed by atoms with Gasteiger partial charge in [0.15, 0.2) is 0 Å². The van der Waals surface area contributed by atoms with Crippen molar-refractivity contribution in [3.63, 3.8) is 0 Å². The molecule has 1 amide bonds. The predicted molar refractivity (Wildman–Crippen MR) is 123 cm³/mol. The van der Waals surface area contributed by atoms with E-state index in [2.05, 4.69) is 46.3 Å². The fourth-order valence-electron chi connectivity index (χ4n) is 3.83. The van der Waals surface area contributed by atoms with E-state index in [1.54, 1.807) is 0 Å². The van der Waals surface area contributed by atoms with E-state index in [1.807, 2.05) is 36.4 Å². The standard InChI is InChI=1S/C25H30N4O2/c1-3-19-4-8-21(9-5-19)26-23(30)12-13-24-27-25(28-31-24)20-6-10-22(11-7-20)29-16-14-18(2)15-17-29/h4-11,18H,3,12-17H2,1-2H3,(H,26,30). The van der Waals surface area contributed by atoms with E-state index in [0.717, 1.165) is 36.7 Å². The zero-order valence-electron chi connectivity index (χ0n) is 18.3. The summed E-state index contributed by atoms with van der Waals surface area (Å²) >= 11 is 0. The molecular weight excluding hydrogens is 388 g/mol. The lowest BCUT2D eigenvalue weighted by Crippen LogP contribution is -2.32. The normalized spacial score (nSPS) is 14.6. The van der Waals surface area contributed by atoms with E-state index in [9.17, 15) is 4.79 Å². The molecule has 6 heteroatoms. The summed E-state index contributed by atoms with van der Waals surface area (Å²) in [4.78, 5) is 19.1. The smallest absolute Gasteiger partial charge is 0.227 e. The second kappa shape index (κ2) is 9.77. The monoisotopic (exact) mass is 418 g/mol. The van der Waals surface area contributed by atoms with Crippen molar-refractivity contribution in [2.75, 3.05) is 23.3 Å². The maximum atomic E-state index is 12.2.